The number of nitrogens with one attached hydrogen (secondary N) is 1. The molecule has 206 valence electrons. The monoisotopic (exact) mass is 563 g/mol. The molecule has 12 heteroatoms. The van der Waals surface area contributed by atoms with Gasteiger partial charge in [0.2, 0.25) is 5.88 Å². The number of aromatic carboxylic acids is 1. The number of pyridine rings is 2. The first-order valence-corrected chi connectivity index (χ1v) is 12.4. The molecular formula is C27H25ClF3N3O5. The highest BCUT2D eigenvalue weighted by Crippen LogP contribution is 2.31. The van der Waals surface area contributed by atoms with Crippen molar-refractivity contribution in [3.63, 3.8) is 0 Å². The van der Waals surface area contributed by atoms with Crippen molar-refractivity contribution in [1.29, 1.82) is 0 Å². The quantitative estimate of drug-likeness (QED) is 0.151. The summed E-state index contributed by atoms with van der Waals surface area (Å²) in [4.78, 5) is 20.0. The Morgan fingerprint density at radius 1 is 1.00 bits per heavy atom. The summed E-state index contributed by atoms with van der Waals surface area (Å²) in [5.74, 6) is -1.01. The summed E-state index contributed by atoms with van der Waals surface area (Å²) in [6.07, 6.45) is 0.123. The molecular weight excluding hydrogens is 539 g/mol. The summed E-state index contributed by atoms with van der Waals surface area (Å²) in [6.45, 7) is 2.08. The van der Waals surface area contributed by atoms with E-state index >= 15 is 0 Å². The van der Waals surface area contributed by atoms with E-state index in [-0.39, 0.29) is 22.9 Å². The van der Waals surface area contributed by atoms with Crippen molar-refractivity contribution < 1.29 is 37.3 Å². The van der Waals surface area contributed by atoms with Crippen molar-refractivity contribution in [1.82, 2.24) is 15.3 Å². The van der Waals surface area contributed by atoms with E-state index in [0.717, 1.165) is 35.1 Å². The van der Waals surface area contributed by atoms with Gasteiger partial charge in [-0.15, -0.1) is 13.2 Å². The van der Waals surface area contributed by atoms with Gasteiger partial charge in [-0.05, 0) is 61.3 Å². The van der Waals surface area contributed by atoms with Gasteiger partial charge in [-0.2, -0.15) is 0 Å². The molecule has 2 aromatic heterocycles. The second-order valence-corrected chi connectivity index (χ2v) is 9.00. The van der Waals surface area contributed by atoms with Crippen LogP contribution < -0.4 is 14.8 Å². The van der Waals surface area contributed by atoms with Gasteiger partial charge >= 0.3 is 12.3 Å². The number of hydrogen-bond acceptors (Lipinski definition) is 7. The first kappa shape index (κ1) is 28.3. The third-order valence-electron chi connectivity index (χ3n) is 5.66. The van der Waals surface area contributed by atoms with Crippen molar-refractivity contribution >= 4 is 39.2 Å². The molecule has 4 rings (SSSR count). The van der Waals surface area contributed by atoms with E-state index < -0.39 is 12.3 Å². The van der Waals surface area contributed by atoms with E-state index in [1.807, 2.05) is 0 Å². The van der Waals surface area contributed by atoms with E-state index in [9.17, 15) is 23.1 Å². The molecule has 0 aliphatic heterocycles. The number of carboxylic acid groups (broad SMARTS) is 1. The number of aromatic nitrogens is 2. The highest BCUT2D eigenvalue weighted by atomic mass is 35.5. The van der Waals surface area contributed by atoms with Gasteiger partial charge in [-0.1, -0.05) is 17.7 Å². The van der Waals surface area contributed by atoms with Crippen molar-refractivity contribution in [2.24, 2.45) is 0 Å². The fourth-order valence-corrected chi connectivity index (χ4v) is 4.21. The van der Waals surface area contributed by atoms with Crippen LogP contribution in [-0.4, -0.2) is 53.8 Å². The van der Waals surface area contributed by atoms with Crippen molar-refractivity contribution in [3.8, 4) is 11.6 Å². The van der Waals surface area contributed by atoms with Gasteiger partial charge in [-0.25, -0.2) is 9.78 Å². The van der Waals surface area contributed by atoms with E-state index in [1.54, 1.807) is 30.6 Å². The van der Waals surface area contributed by atoms with Crippen LogP contribution in [0.5, 0.6) is 11.6 Å². The number of carboxylic acids is 1. The number of rotatable bonds is 13. The van der Waals surface area contributed by atoms with E-state index in [2.05, 4.69) is 20.0 Å². The molecule has 0 aliphatic rings. The normalized spacial score (nSPS) is 11.7. The molecule has 0 radical (unpaired) electrons. The van der Waals surface area contributed by atoms with Crippen LogP contribution in [0.2, 0.25) is 5.02 Å². The van der Waals surface area contributed by atoms with E-state index in [1.165, 1.54) is 18.2 Å². The predicted octanol–water partition coefficient (Wildman–Crippen LogP) is 6.00. The van der Waals surface area contributed by atoms with E-state index in [4.69, 9.17) is 21.1 Å². The number of hydrogen-bond donors (Lipinski definition) is 2. The Kier molecular flexibility index (Phi) is 9.39. The van der Waals surface area contributed by atoms with Crippen molar-refractivity contribution in [2.45, 2.75) is 25.7 Å². The number of unbranched alkanes of at least 4 members (excludes halogenated alkanes) is 1. The second kappa shape index (κ2) is 12.9. The largest absolute Gasteiger partial charge is 0.573 e. The summed E-state index contributed by atoms with van der Waals surface area (Å²) in [5, 5.41) is 15.0. The summed E-state index contributed by atoms with van der Waals surface area (Å²) in [5.41, 5.74) is 1.22. The number of fused-ring (bicyclic) bond motifs is 3. The SMILES string of the molecule is O=C(O)c1ccc2c(c1)nc(OCCOCCCCNCc1cc(Cl)cc(OC(F)(F)F)c1)c1ccncc12. The Labute approximate surface area is 226 Å². The highest BCUT2D eigenvalue weighted by Gasteiger charge is 2.31. The van der Waals surface area contributed by atoms with Crippen LogP contribution >= 0.6 is 11.6 Å². The smallest absolute Gasteiger partial charge is 0.478 e. The summed E-state index contributed by atoms with van der Waals surface area (Å²) in [6, 6.07) is 10.5. The lowest BCUT2D eigenvalue weighted by Crippen LogP contribution is -2.18. The first-order chi connectivity index (χ1) is 18.7. The van der Waals surface area contributed by atoms with Crippen LogP contribution in [0.3, 0.4) is 0 Å². The number of ether oxygens (including phenoxy) is 3. The minimum atomic E-state index is -4.77. The lowest BCUT2D eigenvalue weighted by molar-refractivity contribution is -0.274. The number of nitrogens with zero attached hydrogens (tertiary/aromatic N) is 2. The molecule has 0 spiro atoms. The molecule has 8 nitrogen and oxygen atoms in total. The fraction of sp³-hybridized carbons (Fsp3) is 0.296. The maximum atomic E-state index is 12.4. The molecule has 0 fully saturated rings. The second-order valence-electron chi connectivity index (χ2n) is 8.56. The van der Waals surface area contributed by atoms with Crippen LogP contribution in [-0.2, 0) is 11.3 Å². The number of benzene rings is 2. The van der Waals surface area contributed by atoms with E-state index in [0.29, 0.717) is 43.3 Å². The van der Waals surface area contributed by atoms with Gasteiger partial charge in [0.1, 0.15) is 12.4 Å². The Morgan fingerprint density at radius 2 is 1.85 bits per heavy atom. The molecule has 0 atom stereocenters. The third-order valence-corrected chi connectivity index (χ3v) is 5.88. The van der Waals surface area contributed by atoms with Gasteiger partial charge in [0.05, 0.1) is 17.7 Å². The standard InChI is InChI=1S/C27H25ClF3N3O5/c28-19-11-17(12-20(14-19)39-27(29,30)31)15-32-6-1-2-8-37-9-10-38-25-22-5-7-33-16-23(22)21-4-3-18(26(35)36)13-24(21)34-25/h3-5,7,11-14,16,32H,1-2,6,8-10,15H2,(H,35,36). The van der Waals surface area contributed by atoms with Crippen LogP contribution in [0.1, 0.15) is 28.8 Å². The minimum absolute atomic E-state index is 0.134. The molecule has 0 amide bonds. The van der Waals surface area contributed by atoms with Crippen molar-refractivity contribution in [3.05, 3.63) is 71.0 Å². The Morgan fingerprint density at radius 3 is 2.64 bits per heavy atom. The summed E-state index contributed by atoms with van der Waals surface area (Å²) >= 11 is 5.88. The van der Waals surface area contributed by atoms with Crippen molar-refractivity contribution in [2.75, 3.05) is 26.4 Å². The zero-order valence-electron chi connectivity index (χ0n) is 20.6. The molecule has 0 aliphatic carbocycles. The van der Waals surface area contributed by atoms with Crippen LogP contribution in [0, 0.1) is 0 Å². The predicted molar refractivity (Wildman–Crippen MR) is 139 cm³/mol. The maximum absolute atomic E-state index is 12.4. The average Bonchev–Trinajstić information content (AvgIpc) is 2.88. The molecule has 0 saturated heterocycles. The molecule has 2 N–H and O–H groups in total. The fourth-order valence-electron chi connectivity index (χ4n) is 3.96. The lowest BCUT2D eigenvalue weighted by Gasteiger charge is -2.12. The van der Waals surface area contributed by atoms with Crippen LogP contribution in [0.4, 0.5) is 13.2 Å². The van der Waals surface area contributed by atoms with Gasteiger partial charge in [0, 0.05) is 46.7 Å². The molecule has 2 heterocycles. The maximum Gasteiger partial charge on any atom is 0.573 e. The summed E-state index contributed by atoms with van der Waals surface area (Å²) < 4.78 is 52.7. The molecule has 2 aromatic carbocycles. The topological polar surface area (TPSA) is 103 Å². The number of halogens is 4. The molecule has 0 unspecified atom stereocenters. The van der Waals surface area contributed by atoms with Crippen LogP contribution in [0.25, 0.3) is 21.7 Å². The molecule has 4 aromatic rings. The van der Waals surface area contributed by atoms with Gasteiger partial charge in [0.15, 0.2) is 0 Å². The van der Waals surface area contributed by atoms with Gasteiger partial charge < -0.3 is 24.6 Å². The molecule has 0 saturated carbocycles. The zero-order valence-corrected chi connectivity index (χ0v) is 21.4. The summed E-state index contributed by atoms with van der Waals surface area (Å²) in [7, 11) is 0. The lowest BCUT2D eigenvalue weighted by atomic mass is 10.1. The van der Waals surface area contributed by atoms with Crippen LogP contribution in [0.15, 0.2) is 54.9 Å². The Balaban J connectivity index is 1.18. The Bertz CT molecular complexity index is 1450. The van der Waals surface area contributed by atoms with Gasteiger partial charge in [-0.3, -0.25) is 4.98 Å². The number of carbonyl (C=O) groups is 1. The van der Waals surface area contributed by atoms with Gasteiger partial charge in [0.25, 0.3) is 0 Å². The first-order valence-electron chi connectivity index (χ1n) is 12.1. The minimum Gasteiger partial charge on any atom is -0.478 e. The zero-order chi connectivity index (χ0) is 27.8. The number of alkyl halides is 3. The highest BCUT2D eigenvalue weighted by molar-refractivity contribution is 6.30. The molecule has 39 heavy (non-hydrogen) atoms. The third kappa shape index (κ3) is 8.16. The Hall–Kier alpha value is -3.67. The average molecular weight is 564 g/mol. The molecule has 0 bridgehead atoms.